The predicted molar refractivity (Wildman–Crippen MR) is 44.2 cm³/mol. The zero-order chi connectivity index (χ0) is 8.43. The lowest BCUT2D eigenvalue weighted by Gasteiger charge is -2.16. The summed E-state index contributed by atoms with van der Waals surface area (Å²) < 4.78 is 0. The minimum absolute atomic E-state index is 0.00694. The summed E-state index contributed by atoms with van der Waals surface area (Å²) in [4.78, 5) is 13.2. The molecule has 0 radical (unpaired) electrons. The molecule has 0 unspecified atom stereocenters. The van der Waals surface area contributed by atoms with Crippen molar-refractivity contribution < 1.29 is 4.79 Å². The molecule has 0 aliphatic carbocycles. The lowest BCUT2D eigenvalue weighted by Crippen LogP contribution is -2.39. The van der Waals surface area contributed by atoms with Crippen molar-refractivity contribution in [2.75, 3.05) is 20.6 Å². The van der Waals surface area contributed by atoms with E-state index in [2.05, 4.69) is 11.9 Å². The first kappa shape index (κ1) is 8.27. The molecular formula is C8H14N2O. The Kier molecular flexibility index (Phi) is 2.29. The van der Waals surface area contributed by atoms with E-state index in [0.29, 0.717) is 0 Å². The highest BCUT2D eigenvalue weighted by molar-refractivity contribution is 5.82. The van der Waals surface area contributed by atoms with Crippen LogP contribution in [0.4, 0.5) is 0 Å². The van der Waals surface area contributed by atoms with E-state index in [4.69, 9.17) is 0 Å². The quantitative estimate of drug-likeness (QED) is 0.539. The molecule has 11 heavy (non-hydrogen) atoms. The van der Waals surface area contributed by atoms with Crippen molar-refractivity contribution in [1.29, 1.82) is 0 Å². The van der Waals surface area contributed by atoms with Gasteiger partial charge in [0, 0.05) is 13.6 Å². The smallest absolute Gasteiger partial charge is 0.237 e. The summed E-state index contributed by atoms with van der Waals surface area (Å²) in [6.45, 7) is 4.70. The Bertz CT molecular complexity index is 189. The highest BCUT2D eigenvalue weighted by Gasteiger charge is 2.28. The van der Waals surface area contributed by atoms with Gasteiger partial charge in [0.05, 0.1) is 6.04 Å². The van der Waals surface area contributed by atoms with Crippen LogP contribution < -0.4 is 5.32 Å². The number of nitrogens with zero attached hydrogens (tertiary/aromatic N) is 1. The maximum absolute atomic E-state index is 11.2. The first-order chi connectivity index (χ1) is 5.15. The van der Waals surface area contributed by atoms with Crippen LogP contribution in [0.15, 0.2) is 12.2 Å². The molecule has 0 bridgehead atoms. The van der Waals surface area contributed by atoms with Crippen LogP contribution in [0.2, 0.25) is 0 Å². The molecule has 1 amide bonds. The number of amides is 1. The van der Waals surface area contributed by atoms with Gasteiger partial charge in [0.15, 0.2) is 0 Å². The fraction of sp³-hybridized carbons (Fsp3) is 0.625. The SMILES string of the molecule is C=C1C[C@@H](C(=O)NC)N(C)C1. The molecule has 1 aliphatic rings. The Labute approximate surface area is 67.1 Å². The molecule has 0 aromatic carbocycles. The third kappa shape index (κ3) is 1.60. The van der Waals surface area contributed by atoms with Gasteiger partial charge in [-0.25, -0.2) is 0 Å². The summed E-state index contributed by atoms with van der Waals surface area (Å²) in [5.74, 6) is 0.0890. The van der Waals surface area contributed by atoms with Gasteiger partial charge in [-0.2, -0.15) is 0 Å². The van der Waals surface area contributed by atoms with Crippen molar-refractivity contribution in [3.05, 3.63) is 12.2 Å². The lowest BCUT2D eigenvalue weighted by atomic mass is 10.2. The zero-order valence-electron chi connectivity index (χ0n) is 7.05. The van der Waals surface area contributed by atoms with E-state index >= 15 is 0 Å². The summed E-state index contributed by atoms with van der Waals surface area (Å²) in [6.07, 6.45) is 0.802. The monoisotopic (exact) mass is 154 g/mol. The zero-order valence-corrected chi connectivity index (χ0v) is 7.05. The molecule has 1 saturated heterocycles. The third-order valence-corrected chi connectivity index (χ3v) is 2.04. The number of carbonyl (C=O) groups excluding carboxylic acids is 1. The Balaban J connectivity index is 2.59. The third-order valence-electron chi connectivity index (χ3n) is 2.04. The Morgan fingerprint density at radius 2 is 2.45 bits per heavy atom. The van der Waals surface area contributed by atoms with Crippen LogP contribution in [-0.2, 0) is 4.79 Å². The second kappa shape index (κ2) is 3.05. The number of rotatable bonds is 1. The van der Waals surface area contributed by atoms with Crippen LogP contribution in [0.3, 0.4) is 0 Å². The van der Waals surface area contributed by atoms with Crippen LogP contribution in [-0.4, -0.2) is 37.5 Å². The second-order valence-corrected chi connectivity index (χ2v) is 3.00. The fourth-order valence-corrected chi connectivity index (χ4v) is 1.42. The molecule has 0 spiro atoms. The van der Waals surface area contributed by atoms with E-state index in [9.17, 15) is 4.79 Å². The molecule has 3 heteroatoms. The summed E-state index contributed by atoms with van der Waals surface area (Å²) in [5, 5.41) is 2.64. The Morgan fingerprint density at radius 3 is 2.82 bits per heavy atom. The van der Waals surface area contributed by atoms with Crippen LogP contribution in [0.25, 0.3) is 0 Å². The number of carbonyl (C=O) groups is 1. The minimum atomic E-state index is 0.00694. The molecule has 0 aromatic heterocycles. The molecule has 3 nitrogen and oxygen atoms in total. The average Bonchev–Trinajstić information content (AvgIpc) is 2.28. The van der Waals surface area contributed by atoms with Gasteiger partial charge in [-0.05, 0) is 13.5 Å². The Morgan fingerprint density at radius 1 is 1.82 bits per heavy atom. The van der Waals surface area contributed by atoms with Crippen LogP contribution in [0, 0.1) is 0 Å². The maximum Gasteiger partial charge on any atom is 0.237 e. The highest BCUT2D eigenvalue weighted by Crippen LogP contribution is 2.18. The van der Waals surface area contributed by atoms with Crippen molar-refractivity contribution in [3.63, 3.8) is 0 Å². The topological polar surface area (TPSA) is 32.3 Å². The lowest BCUT2D eigenvalue weighted by molar-refractivity contribution is -0.124. The van der Waals surface area contributed by atoms with E-state index in [-0.39, 0.29) is 11.9 Å². The average molecular weight is 154 g/mol. The van der Waals surface area contributed by atoms with Gasteiger partial charge in [0.25, 0.3) is 0 Å². The van der Waals surface area contributed by atoms with Gasteiger partial charge in [-0.15, -0.1) is 0 Å². The van der Waals surface area contributed by atoms with E-state index < -0.39 is 0 Å². The molecule has 1 fully saturated rings. The summed E-state index contributed by atoms with van der Waals surface area (Å²) >= 11 is 0. The number of likely N-dealkylation sites (tertiary alicyclic amines) is 1. The summed E-state index contributed by atoms with van der Waals surface area (Å²) in [7, 11) is 3.61. The largest absolute Gasteiger partial charge is 0.358 e. The molecule has 1 N–H and O–H groups in total. The first-order valence-corrected chi connectivity index (χ1v) is 3.73. The summed E-state index contributed by atoms with van der Waals surface area (Å²) in [6, 6.07) is 0.00694. The molecule has 0 aromatic rings. The molecule has 1 rings (SSSR count). The molecular weight excluding hydrogens is 140 g/mol. The Hall–Kier alpha value is -0.830. The van der Waals surface area contributed by atoms with Gasteiger partial charge in [-0.3, -0.25) is 9.69 Å². The van der Waals surface area contributed by atoms with Gasteiger partial charge in [0.1, 0.15) is 0 Å². The van der Waals surface area contributed by atoms with Gasteiger partial charge >= 0.3 is 0 Å². The van der Waals surface area contributed by atoms with Gasteiger partial charge < -0.3 is 5.32 Å². The molecule has 62 valence electrons. The number of hydrogen-bond donors (Lipinski definition) is 1. The predicted octanol–water partition coefficient (Wildman–Crippen LogP) is -0.00730. The van der Waals surface area contributed by atoms with Crippen molar-refractivity contribution >= 4 is 5.91 Å². The van der Waals surface area contributed by atoms with Crippen molar-refractivity contribution in [1.82, 2.24) is 10.2 Å². The van der Waals surface area contributed by atoms with E-state index in [1.165, 1.54) is 0 Å². The van der Waals surface area contributed by atoms with E-state index in [1.54, 1.807) is 7.05 Å². The normalized spacial score (nSPS) is 25.6. The maximum atomic E-state index is 11.2. The fourth-order valence-electron chi connectivity index (χ4n) is 1.42. The number of likely N-dealkylation sites (N-methyl/N-ethyl adjacent to an activating group) is 2. The van der Waals surface area contributed by atoms with E-state index in [0.717, 1.165) is 18.5 Å². The molecule has 1 heterocycles. The molecule has 1 aliphatic heterocycles. The molecule has 0 saturated carbocycles. The van der Waals surface area contributed by atoms with E-state index in [1.807, 2.05) is 11.9 Å². The standard InChI is InChI=1S/C8H14N2O/c1-6-4-7(8(11)9-2)10(3)5-6/h7H,1,4-5H2,2-3H3,(H,9,11)/t7-/m0/s1. The highest BCUT2D eigenvalue weighted by atomic mass is 16.2. The van der Waals surface area contributed by atoms with Gasteiger partial charge in [-0.1, -0.05) is 12.2 Å². The van der Waals surface area contributed by atoms with Crippen LogP contribution in [0.1, 0.15) is 6.42 Å². The van der Waals surface area contributed by atoms with Crippen LogP contribution >= 0.6 is 0 Å². The van der Waals surface area contributed by atoms with Crippen molar-refractivity contribution in [2.24, 2.45) is 0 Å². The number of nitrogens with one attached hydrogen (secondary N) is 1. The molecule has 1 atom stereocenters. The van der Waals surface area contributed by atoms with Gasteiger partial charge in [0.2, 0.25) is 5.91 Å². The summed E-state index contributed by atoms with van der Waals surface area (Å²) in [5.41, 5.74) is 1.14. The minimum Gasteiger partial charge on any atom is -0.358 e. The van der Waals surface area contributed by atoms with Crippen molar-refractivity contribution in [3.8, 4) is 0 Å². The number of hydrogen-bond acceptors (Lipinski definition) is 2. The van der Waals surface area contributed by atoms with Crippen molar-refractivity contribution in [2.45, 2.75) is 12.5 Å². The second-order valence-electron chi connectivity index (χ2n) is 3.00. The van der Waals surface area contributed by atoms with Crippen LogP contribution in [0.5, 0.6) is 0 Å². The first-order valence-electron chi connectivity index (χ1n) is 3.73.